The number of morpholine rings is 1. The quantitative estimate of drug-likeness (QED) is 0.899. The molecule has 1 heterocycles. The van der Waals surface area contributed by atoms with Crippen LogP contribution in [0.3, 0.4) is 0 Å². The molecular formula is C15H23ClN2O. The molecule has 2 rings (SSSR count). The predicted molar refractivity (Wildman–Crippen MR) is 81.0 cm³/mol. The average molecular weight is 283 g/mol. The highest BCUT2D eigenvalue weighted by atomic mass is 35.5. The zero-order valence-electron chi connectivity index (χ0n) is 11.8. The lowest BCUT2D eigenvalue weighted by atomic mass is 10.1. The Balaban J connectivity index is 2.10. The molecule has 1 aromatic carbocycles. The molecule has 1 saturated heterocycles. The van der Waals surface area contributed by atoms with Crippen LogP contribution >= 0.6 is 11.6 Å². The highest BCUT2D eigenvalue weighted by Crippen LogP contribution is 2.30. The van der Waals surface area contributed by atoms with Crippen molar-refractivity contribution in [1.29, 1.82) is 0 Å². The number of hydrogen-bond donors (Lipinski definition) is 1. The van der Waals surface area contributed by atoms with Crippen molar-refractivity contribution in [2.24, 2.45) is 5.92 Å². The van der Waals surface area contributed by atoms with Gasteiger partial charge in [0.05, 0.1) is 23.9 Å². The van der Waals surface area contributed by atoms with Crippen molar-refractivity contribution in [3.63, 3.8) is 0 Å². The predicted octanol–water partition coefficient (Wildman–Crippen LogP) is 2.92. The summed E-state index contributed by atoms with van der Waals surface area (Å²) in [5, 5.41) is 4.33. The first-order valence-electron chi connectivity index (χ1n) is 6.99. The van der Waals surface area contributed by atoms with Crippen molar-refractivity contribution < 1.29 is 4.74 Å². The van der Waals surface area contributed by atoms with Crippen molar-refractivity contribution in [3.05, 3.63) is 28.8 Å². The molecule has 3 nitrogen and oxygen atoms in total. The van der Waals surface area contributed by atoms with Crippen LogP contribution in [0.2, 0.25) is 5.02 Å². The second-order valence-corrected chi connectivity index (χ2v) is 5.78. The molecule has 1 N–H and O–H groups in total. The maximum Gasteiger partial charge on any atom is 0.0642 e. The Kier molecular flexibility index (Phi) is 5.49. The summed E-state index contributed by atoms with van der Waals surface area (Å²) in [7, 11) is 0. The van der Waals surface area contributed by atoms with Gasteiger partial charge in [-0.2, -0.15) is 0 Å². The minimum absolute atomic E-state index is 0.658. The normalized spacial score (nSPS) is 16.1. The Hall–Kier alpha value is -0.770. The monoisotopic (exact) mass is 282 g/mol. The van der Waals surface area contributed by atoms with E-state index in [1.165, 1.54) is 11.3 Å². The highest BCUT2D eigenvalue weighted by molar-refractivity contribution is 6.33. The number of para-hydroxylation sites is 1. The molecule has 1 aromatic rings. The van der Waals surface area contributed by atoms with Gasteiger partial charge in [0, 0.05) is 19.6 Å². The van der Waals surface area contributed by atoms with Crippen LogP contribution < -0.4 is 10.2 Å². The third-order valence-corrected chi connectivity index (χ3v) is 3.57. The van der Waals surface area contributed by atoms with E-state index < -0.39 is 0 Å². The van der Waals surface area contributed by atoms with Crippen LogP contribution in [0.15, 0.2) is 18.2 Å². The van der Waals surface area contributed by atoms with Crippen LogP contribution in [0, 0.1) is 5.92 Å². The van der Waals surface area contributed by atoms with Gasteiger partial charge in [-0.25, -0.2) is 0 Å². The number of anilines is 1. The van der Waals surface area contributed by atoms with E-state index in [9.17, 15) is 0 Å². The summed E-state index contributed by atoms with van der Waals surface area (Å²) in [6, 6.07) is 6.15. The second kappa shape index (κ2) is 7.13. The van der Waals surface area contributed by atoms with Crippen molar-refractivity contribution in [2.75, 3.05) is 37.7 Å². The van der Waals surface area contributed by atoms with Crippen molar-refractivity contribution >= 4 is 17.3 Å². The van der Waals surface area contributed by atoms with Gasteiger partial charge in [0.2, 0.25) is 0 Å². The first-order valence-corrected chi connectivity index (χ1v) is 7.37. The molecule has 4 heteroatoms. The van der Waals surface area contributed by atoms with E-state index in [4.69, 9.17) is 16.3 Å². The van der Waals surface area contributed by atoms with Gasteiger partial charge < -0.3 is 15.0 Å². The third kappa shape index (κ3) is 4.10. The summed E-state index contributed by atoms with van der Waals surface area (Å²) in [6.45, 7) is 9.72. The van der Waals surface area contributed by atoms with Crippen LogP contribution in [0.25, 0.3) is 0 Å². The molecule has 0 saturated carbocycles. The van der Waals surface area contributed by atoms with E-state index >= 15 is 0 Å². The number of hydrogen-bond acceptors (Lipinski definition) is 3. The fourth-order valence-electron chi connectivity index (χ4n) is 2.34. The summed E-state index contributed by atoms with van der Waals surface area (Å²) in [4.78, 5) is 2.33. The van der Waals surface area contributed by atoms with Crippen LogP contribution in [0.1, 0.15) is 19.4 Å². The average Bonchev–Trinajstić information content (AvgIpc) is 2.39. The molecule has 19 heavy (non-hydrogen) atoms. The van der Waals surface area contributed by atoms with Gasteiger partial charge in [0.1, 0.15) is 0 Å². The minimum Gasteiger partial charge on any atom is -0.378 e. The van der Waals surface area contributed by atoms with Gasteiger partial charge in [0.25, 0.3) is 0 Å². The van der Waals surface area contributed by atoms with E-state index in [0.29, 0.717) is 5.92 Å². The second-order valence-electron chi connectivity index (χ2n) is 5.37. The smallest absolute Gasteiger partial charge is 0.0642 e. The number of benzene rings is 1. The van der Waals surface area contributed by atoms with E-state index in [-0.39, 0.29) is 0 Å². The summed E-state index contributed by atoms with van der Waals surface area (Å²) in [5.41, 5.74) is 2.44. The van der Waals surface area contributed by atoms with Crippen molar-refractivity contribution in [3.8, 4) is 0 Å². The zero-order valence-corrected chi connectivity index (χ0v) is 12.5. The summed E-state index contributed by atoms with van der Waals surface area (Å²) in [6.07, 6.45) is 0. The fourth-order valence-corrected chi connectivity index (χ4v) is 2.65. The molecule has 0 atom stereocenters. The number of ether oxygens (including phenoxy) is 1. The van der Waals surface area contributed by atoms with E-state index in [1.54, 1.807) is 0 Å². The summed E-state index contributed by atoms with van der Waals surface area (Å²) in [5.74, 6) is 0.658. The third-order valence-electron chi connectivity index (χ3n) is 3.27. The number of halogens is 1. The molecular weight excluding hydrogens is 260 g/mol. The lowest BCUT2D eigenvalue weighted by molar-refractivity contribution is 0.122. The Labute approximate surface area is 120 Å². The maximum absolute atomic E-state index is 6.39. The van der Waals surface area contributed by atoms with Gasteiger partial charge >= 0.3 is 0 Å². The number of nitrogens with zero attached hydrogens (tertiary/aromatic N) is 1. The Morgan fingerprint density at radius 1 is 1.32 bits per heavy atom. The van der Waals surface area contributed by atoms with Crippen molar-refractivity contribution in [2.45, 2.75) is 20.4 Å². The topological polar surface area (TPSA) is 24.5 Å². The summed E-state index contributed by atoms with van der Waals surface area (Å²) < 4.78 is 5.41. The van der Waals surface area contributed by atoms with Crippen LogP contribution in [0.4, 0.5) is 5.69 Å². The SMILES string of the molecule is CC(C)CNCc1cccc(Cl)c1N1CCOCC1. The van der Waals surface area contributed by atoms with Crippen molar-refractivity contribution in [1.82, 2.24) is 5.32 Å². The van der Waals surface area contributed by atoms with E-state index in [2.05, 4.69) is 30.1 Å². The standard InChI is InChI=1S/C15H23ClN2O/c1-12(2)10-17-11-13-4-3-5-14(16)15(13)18-6-8-19-9-7-18/h3-5,12,17H,6-11H2,1-2H3. The molecule has 1 fully saturated rings. The Morgan fingerprint density at radius 2 is 2.05 bits per heavy atom. The Bertz CT molecular complexity index is 403. The van der Waals surface area contributed by atoms with Gasteiger partial charge in [0.15, 0.2) is 0 Å². The lowest BCUT2D eigenvalue weighted by Gasteiger charge is -2.31. The van der Waals surface area contributed by atoms with Gasteiger partial charge in [-0.15, -0.1) is 0 Å². The highest BCUT2D eigenvalue weighted by Gasteiger charge is 2.17. The largest absolute Gasteiger partial charge is 0.378 e. The van der Waals surface area contributed by atoms with Gasteiger partial charge in [-0.3, -0.25) is 0 Å². The van der Waals surface area contributed by atoms with Crippen LogP contribution in [-0.2, 0) is 11.3 Å². The van der Waals surface area contributed by atoms with E-state index in [0.717, 1.165) is 44.4 Å². The molecule has 1 aliphatic heterocycles. The van der Waals surface area contributed by atoms with Crippen LogP contribution in [-0.4, -0.2) is 32.8 Å². The molecule has 0 unspecified atom stereocenters. The fraction of sp³-hybridized carbons (Fsp3) is 0.600. The summed E-state index contributed by atoms with van der Waals surface area (Å²) >= 11 is 6.39. The molecule has 0 radical (unpaired) electrons. The Morgan fingerprint density at radius 3 is 2.74 bits per heavy atom. The first-order chi connectivity index (χ1) is 9.18. The van der Waals surface area contributed by atoms with E-state index in [1.807, 2.05) is 12.1 Å². The number of nitrogens with one attached hydrogen (secondary N) is 1. The van der Waals surface area contributed by atoms with Gasteiger partial charge in [-0.05, 0) is 24.1 Å². The molecule has 0 bridgehead atoms. The zero-order chi connectivity index (χ0) is 13.7. The van der Waals surface area contributed by atoms with Gasteiger partial charge in [-0.1, -0.05) is 37.6 Å². The lowest BCUT2D eigenvalue weighted by Crippen LogP contribution is -2.37. The first kappa shape index (κ1) is 14.6. The molecule has 0 spiro atoms. The van der Waals surface area contributed by atoms with Crippen LogP contribution in [0.5, 0.6) is 0 Å². The molecule has 106 valence electrons. The maximum atomic E-state index is 6.39. The molecule has 0 amide bonds. The molecule has 1 aliphatic rings. The minimum atomic E-state index is 0.658. The number of rotatable bonds is 5. The molecule has 0 aromatic heterocycles. The molecule has 0 aliphatic carbocycles.